The lowest BCUT2D eigenvalue weighted by Gasteiger charge is -2.06. The molecular weight excluding hydrogens is 420 g/mol. The molecule has 0 atom stereocenters. The number of nitrogens with one attached hydrogen (secondary N) is 1. The van der Waals surface area contributed by atoms with Gasteiger partial charge in [0.25, 0.3) is 0 Å². The topological polar surface area (TPSA) is 105 Å². The average Bonchev–Trinajstić information content (AvgIpc) is 2.68. The molecule has 0 aliphatic carbocycles. The van der Waals surface area contributed by atoms with E-state index in [9.17, 15) is 4.79 Å². The zero-order valence-corrected chi connectivity index (χ0v) is 16.6. The van der Waals surface area contributed by atoms with Gasteiger partial charge in [0.1, 0.15) is 22.7 Å². The maximum absolute atomic E-state index is 11.4. The van der Waals surface area contributed by atoms with Gasteiger partial charge in [-0.3, -0.25) is 4.79 Å². The molecule has 0 aromatic heterocycles. The van der Waals surface area contributed by atoms with E-state index in [0.717, 1.165) is 4.47 Å². The predicted octanol–water partition coefficient (Wildman–Crippen LogP) is 6.82. The number of nitrogens with zero attached hydrogens (tertiary/aromatic N) is 4. The van der Waals surface area contributed by atoms with E-state index in [4.69, 9.17) is 5.73 Å². The van der Waals surface area contributed by atoms with Crippen LogP contribution < -0.4 is 11.1 Å². The SMILES string of the molecule is CC(=O)Nc1ccc(Br)cc1N=Nc1ccccc1N=Nc1ccccc1N. The van der Waals surface area contributed by atoms with Crippen LogP contribution in [0.15, 0.2) is 91.7 Å². The Morgan fingerprint density at radius 3 is 1.96 bits per heavy atom. The van der Waals surface area contributed by atoms with Crippen LogP contribution in [0.5, 0.6) is 0 Å². The zero-order chi connectivity index (χ0) is 19.9. The number of nitrogen functional groups attached to an aromatic ring is 1. The third-order valence-corrected chi connectivity index (χ3v) is 4.11. The van der Waals surface area contributed by atoms with E-state index in [1.165, 1.54) is 6.92 Å². The molecule has 0 aliphatic rings. The summed E-state index contributed by atoms with van der Waals surface area (Å²) in [4.78, 5) is 11.4. The van der Waals surface area contributed by atoms with Crippen molar-refractivity contribution in [3.8, 4) is 0 Å². The first-order valence-corrected chi connectivity index (χ1v) is 9.16. The molecule has 3 rings (SSSR count). The molecule has 0 heterocycles. The number of hydrogen-bond donors (Lipinski definition) is 2. The standard InChI is InChI=1S/C20H17BrN6O/c1-13(28)23-17-11-10-14(21)12-20(17)27-26-19-9-5-4-8-18(19)25-24-16-7-3-2-6-15(16)22/h2-12H,22H2,1H3,(H,23,28). The molecule has 0 spiro atoms. The molecule has 0 unspecified atom stereocenters. The summed E-state index contributed by atoms with van der Waals surface area (Å²) < 4.78 is 0.822. The summed E-state index contributed by atoms with van der Waals surface area (Å²) in [6, 6.07) is 19.8. The van der Waals surface area contributed by atoms with Gasteiger partial charge in [-0.05, 0) is 42.5 Å². The minimum Gasteiger partial charge on any atom is -0.397 e. The lowest BCUT2D eigenvalue weighted by molar-refractivity contribution is -0.114. The van der Waals surface area contributed by atoms with Gasteiger partial charge in [-0.1, -0.05) is 40.2 Å². The van der Waals surface area contributed by atoms with Crippen molar-refractivity contribution in [2.45, 2.75) is 6.92 Å². The third-order valence-electron chi connectivity index (χ3n) is 3.62. The van der Waals surface area contributed by atoms with Crippen molar-refractivity contribution >= 4 is 56.0 Å². The molecule has 3 N–H and O–H groups in total. The molecule has 28 heavy (non-hydrogen) atoms. The van der Waals surface area contributed by atoms with Crippen LogP contribution >= 0.6 is 15.9 Å². The fraction of sp³-hybridized carbons (Fsp3) is 0.0500. The molecule has 0 saturated carbocycles. The fourth-order valence-corrected chi connectivity index (χ4v) is 2.66. The molecule has 0 aliphatic heterocycles. The van der Waals surface area contributed by atoms with Gasteiger partial charge in [-0.2, -0.15) is 0 Å². The highest BCUT2D eigenvalue weighted by molar-refractivity contribution is 9.10. The second kappa shape index (κ2) is 9.01. The van der Waals surface area contributed by atoms with Gasteiger partial charge in [0, 0.05) is 11.4 Å². The maximum atomic E-state index is 11.4. The van der Waals surface area contributed by atoms with E-state index >= 15 is 0 Å². The highest BCUT2D eigenvalue weighted by Gasteiger charge is 2.06. The molecule has 0 bridgehead atoms. The van der Waals surface area contributed by atoms with Crippen LogP contribution in [0.3, 0.4) is 0 Å². The quantitative estimate of drug-likeness (QED) is 0.338. The number of benzene rings is 3. The molecule has 0 saturated heterocycles. The molecule has 7 nitrogen and oxygen atoms in total. The Hall–Kier alpha value is -3.39. The van der Waals surface area contributed by atoms with Crippen LogP contribution in [0.25, 0.3) is 0 Å². The number of hydrogen-bond acceptors (Lipinski definition) is 6. The second-order valence-corrected chi connectivity index (χ2v) is 6.71. The molecule has 140 valence electrons. The van der Waals surface area contributed by atoms with Gasteiger partial charge in [0.05, 0.1) is 11.4 Å². The van der Waals surface area contributed by atoms with E-state index in [0.29, 0.717) is 34.1 Å². The van der Waals surface area contributed by atoms with Crippen LogP contribution in [0.1, 0.15) is 6.92 Å². The van der Waals surface area contributed by atoms with Crippen molar-refractivity contribution in [2.24, 2.45) is 20.5 Å². The van der Waals surface area contributed by atoms with Crippen LogP contribution in [0.2, 0.25) is 0 Å². The van der Waals surface area contributed by atoms with Crippen molar-refractivity contribution in [3.05, 3.63) is 71.2 Å². The Labute approximate surface area is 170 Å². The van der Waals surface area contributed by atoms with E-state index in [1.807, 2.05) is 30.3 Å². The summed E-state index contributed by atoms with van der Waals surface area (Å²) in [6.45, 7) is 1.44. The van der Waals surface area contributed by atoms with Gasteiger partial charge in [-0.25, -0.2) is 0 Å². The van der Waals surface area contributed by atoms with E-state index in [-0.39, 0.29) is 5.91 Å². The summed E-state index contributed by atoms with van der Waals surface area (Å²) in [5.74, 6) is -0.187. The zero-order valence-electron chi connectivity index (χ0n) is 15.0. The van der Waals surface area contributed by atoms with E-state index < -0.39 is 0 Å². The van der Waals surface area contributed by atoms with Crippen molar-refractivity contribution in [1.29, 1.82) is 0 Å². The van der Waals surface area contributed by atoms with Gasteiger partial charge >= 0.3 is 0 Å². The van der Waals surface area contributed by atoms with Crippen molar-refractivity contribution < 1.29 is 4.79 Å². The van der Waals surface area contributed by atoms with Gasteiger partial charge in [0.2, 0.25) is 5.91 Å². The normalized spacial score (nSPS) is 11.2. The summed E-state index contributed by atoms with van der Waals surface area (Å²) in [7, 11) is 0. The monoisotopic (exact) mass is 436 g/mol. The number of para-hydroxylation sites is 1. The van der Waals surface area contributed by atoms with Crippen molar-refractivity contribution in [2.75, 3.05) is 11.1 Å². The number of rotatable bonds is 5. The first-order valence-electron chi connectivity index (χ1n) is 8.37. The van der Waals surface area contributed by atoms with E-state index in [1.54, 1.807) is 36.4 Å². The number of anilines is 2. The van der Waals surface area contributed by atoms with Crippen LogP contribution in [-0.2, 0) is 4.79 Å². The highest BCUT2D eigenvalue weighted by atomic mass is 79.9. The third kappa shape index (κ3) is 5.08. The van der Waals surface area contributed by atoms with Gasteiger partial charge in [0.15, 0.2) is 0 Å². The Kier molecular flexibility index (Phi) is 6.23. The molecule has 0 fully saturated rings. The average molecular weight is 437 g/mol. The lowest BCUT2D eigenvalue weighted by atomic mass is 10.2. The largest absolute Gasteiger partial charge is 0.397 e. The number of carbonyl (C=O) groups excluding carboxylic acids is 1. The number of amides is 1. The van der Waals surface area contributed by atoms with Crippen molar-refractivity contribution in [3.63, 3.8) is 0 Å². The van der Waals surface area contributed by atoms with Crippen LogP contribution in [0.4, 0.5) is 34.1 Å². The number of halogens is 1. The number of nitrogens with two attached hydrogens (primary N) is 1. The van der Waals surface area contributed by atoms with Crippen molar-refractivity contribution in [1.82, 2.24) is 0 Å². The first-order chi connectivity index (χ1) is 13.5. The maximum Gasteiger partial charge on any atom is 0.221 e. The number of carbonyl (C=O) groups is 1. The van der Waals surface area contributed by atoms with E-state index in [2.05, 4.69) is 41.7 Å². The summed E-state index contributed by atoms with van der Waals surface area (Å²) >= 11 is 3.40. The first kappa shape index (κ1) is 19.4. The highest BCUT2D eigenvalue weighted by Crippen LogP contribution is 2.34. The Morgan fingerprint density at radius 2 is 1.36 bits per heavy atom. The molecular formula is C20H17BrN6O. The fourth-order valence-electron chi connectivity index (χ4n) is 2.31. The molecule has 3 aromatic rings. The summed E-state index contributed by atoms with van der Waals surface area (Å²) in [5.41, 5.74) is 9.18. The Balaban J connectivity index is 1.91. The molecule has 1 amide bonds. The Bertz CT molecular complexity index is 1060. The van der Waals surface area contributed by atoms with Crippen LogP contribution in [-0.4, -0.2) is 5.91 Å². The number of azo groups is 2. The minimum atomic E-state index is -0.187. The van der Waals surface area contributed by atoms with Crippen LogP contribution in [0, 0.1) is 0 Å². The predicted molar refractivity (Wildman–Crippen MR) is 114 cm³/mol. The second-order valence-electron chi connectivity index (χ2n) is 5.79. The smallest absolute Gasteiger partial charge is 0.221 e. The Morgan fingerprint density at radius 1 is 0.821 bits per heavy atom. The molecule has 8 heteroatoms. The molecule has 3 aromatic carbocycles. The lowest BCUT2D eigenvalue weighted by Crippen LogP contribution is -2.05. The summed E-state index contributed by atoms with van der Waals surface area (Å²) in [6.07, 6.45) is 0. The summed E-state index contributed by atoms with van der Waals surface area (Å²) in [5, 5.41) is 19.7. The minimum absolute atomic E-state index is 0.187. The van der Waals surface area contributed by atoms with Gasteiger partial charge in [-0.15, -0.1) is 20.5 Å². The van der Waals surface area contributed by atoms with Gasteiger partial charge < -0.3 is 11.1 Å². The molecule has 0 radical (unpaired) electrons.